The Balaban J connectivity index is 1.48. The number of hydrogen-bond acceptors (Lipinski definition) is 8. The zero-order chi connectivity index (χ0) is 27.3. The number of nitro groups is 1. The number of thioether (sulfide) groups is 1. The standard InChI is InChI=1S/C27H18ClN3O6S2/c28-15-6-8-16(9-7-15)30-25(32)21-20(22-24(29-27(34)39-22)38-23(21)26(30)33)18-12-17(31(35)36)10-11-19(18)37-13-14-4-2-1-3-5-14/h1-12,20-21,23H,13H2,(H,29,34)/t20-,21-,23+/m0/s1. The first-order chi connectivity index (χ1) is 18.8. The van der Waals surface area contributed by atoms with E-state index in [-0.39, 0.29) is 17.2 Å². The third kappa shape index (κ3) is 4.52. The first-order valence-corrected chi connectivity index (χ1v) is 13.9. The highest BCUT2D eigenvalue weighted by Crippen LogP contribution is 2.55. The number of carbonyl (C=O) groups excluding carboxylic acids is 2. The Bertz CT molecular complexity index is 1670. The third-order valence-corrected chi connectivity index (χ3v) is 9.34. The van der Waals surface area contributed by atoms with E-state index >= 15 is 0 Å². The van der Waals surface area contributed by atoms with E-state index in [0.717, 1.165) is 33.6 Å². The summed E-state index contributed by atoms with van der Waals surface area (Å²) in [6.45, 7) is 0.182. The molecule has 0 spiro atoms. The summed E-state index contributed by atoms with van der Waals surface area (Å²) in [6.07, 6.45) is 0. The van der Waals surface area contributed by atoms with Gasteiger partial charge in [0.25, 0.3) is 5.69 Å². The van der Waals surface area contributed by atoms with Crippen LogP contribution in [0.5, 0.6) is 5.75 Å². The van der Waals surface area contributed by atoms with Crippen molar-refractivity contribution in [2.24, 2.45) is 5.92 Å². The quantitative estimate of drug-likeness (QED) is 0.185. The van der Waals surface area contributed by atoms with E-state index in [1.807, 2.05) is 30.3 Å². The van der Waals surface area contributed by atoms with Gasteiger partial charge in [-0.15, -0.1) is 0 Å². The number of aromatic amines is 1. The summed E-state index contributed by atoms with van der Waals surface area (Å²) in [4.78, 5) is 55.3. The topological polar surface area (TPSA) is 123 Å². The molecule has 1 aromatic heterocycles. The van der Waals surface area contributed by atoms with E-state index in [1.54, 1.807) is 24.3 Å². The molecule has 2 aliphatic rings. The lowest BCUT2D eigenvalue weighted by molar-refractivity contribution is -0.385. The fraction of sp³-hybridized carbons (Fsp3) is 0.148. The van der Waals surface area contributed by atoms with Crippen LogP contribution in [0.25, 0.3) is 0 Å². The molecule has 39 heavy (non-hydrogen) atoms. The zero-order valence-electron chi connectivity index (χ0n) is 19.9. The van der Waals surface area contributed by atoms with Crippen LogP contribution in [0.15, 0.2) is 82.6 Å². The highest BCUT2D eigenvalue weighted by Gasteiger charge is 2.57. The summed E-state index contributed by atoms with van der Waals surface area (Å²) in [5.74, 6) is -2.31. The number of nitrogens with zero attached hydrogens (tertiary/aromatic N) is 2. The molecule has 3 atom stereocenters. The number of imide groups is 1. The fourth-order valence-electron chi connectivity index (χ4n) is 4.96. The van der Waals surface area contributed by atoms with Crippen LogP contribution in [0.3, 0.4) is 0 Å². The van der Waals surface area contributed by atoms with Gasteiger partial charge >= 0.3 is 4.87 Å². The molecule has 12 heteroatoms. The monoisotopic (exact) mass is 579 g/mol. The molecule has 4 aromatic rings. The van der Waals surface area contributed by atoms with Crippen LogP contribution in [-0.4, -0.2) is 27.0 Å². The van der Waals surface area contributed by atoms with Crippen molar-refractivity contribution in [2.45, 2.75) is 22.8 Å². The summed E-state index contributed by atoms with van der Waals surface area (Å²) >= 11 is 8.07. The number of fused-ring (bicyclic) bond motifs is 2. The number of benzene rings is 3. The molecule has 0 saturated carbocycles. The Kier molecular flexibility index (Phi) is 6.49. The average molecular weight is 580 g/mol. The molecule has 1 saturated heterocycles. The van der Waals surface area contributed by atoms with Gasteiger partial charge in [-0.1, -0.05) is 65.0 Å². The normalized spacial score (nSPS) is 20.0. The maximum atomic E-state index is 13.9. The van der Waals surface area contributed by atoms with E-state index in [2.05, 4.69) is 4.98 Å². The molecule has 1 N–H and O–H groups in total. The minimum absolute atomic E-state index is 0.182. The maximum absolute atomic E-state index is 13.9. The Morgan fingerprint density at radius 1 is 1.00 bits per heavy atom. The van der Waals surface area contributed by atoms with Crippen LogP contribution in [0.2, 0.25) is 5.02 Å². The number of non-ortho nitro benzene ring substituents is 1. The van der Waals surface area contributed by atoms with E-state index in [9.17, 15) is 24.5 Å². The second-order valence-corrected chi connectivity index (χ2v) is 11.6. The van der Waals surface area contributed by atoms with Crippen molar-refractivity contribution < 1.29 is 19.2 Å². The summed E-state index contributed by atoms with van der Waals surface area (Å²) < 4.78 is 6.13. The van der Waals surface area contributed by atoms with Gasteiger partial charge in [0.05, 0.1) is 21.6 Å². The van der Waals surface area contributed by atoms with Gasteiger partial charge < -0.3 is 9.72 Å². The summed E-state index contributed by atoms with van der Waals surface area (Å²) in [5, 5.41) is 11.8. The number of carbonyl (C=O) groups is 2. The van der Waals surface area contributed by atoms with Crippen LogP contribution >= 0.6 is 34.7 Å². The number of anilines is 1. The van der Waals surface area contributed by atoms with E-state index in [1.165, 1.54) is 18.2 Å². The highest BCUT2D eigenvalue weighted by molar-refractivity contribution is 8.00. The maximum Gasteiger partial charge on any atom is 0.305 e. The summed E-state index contributed by atoms with van der Waals surface area (Å²) in [7, 11) is 0. The lowest BCUT2D eigenvalue weighted by atomic mass is 9.82. The third-order valence-electron chi connectivity index (χ3n) is 6.69. The summed E-state index contributed by atoms with van der Waals surface area (Å²) in [5.41, 5.74) is 1.43. The lowest BCUT2D eigenvalue weighted by Crippen LogP contribution is -2.32. The van der Waals surface area contributed by atoms with Gasteiger partial charge in [0, 0.05) is 33.5 Å². The summed E-state index contributed by atoms with van der Waals surface area (Å²) in [6, 6.07) is 20.0. The SMILES string of the molecule is O=C1[C@H]2[C@H](c3cc([N+](=O)[O-])ccc3OCc3ccccc3)c3sc(=O)[nH]c3S[C@H]2C(=O)N1c1ccc(Cl)cc1. The van der Waals surface area contributed by atoms with Crippen LogP contribution in [0.1, 0.15) is 21.9 Å². The van der Waals surface area contributed by atoms with Crippen LogP contribution in [0.4, 0.5) is 11.4 Å². The molecule has 196 valence electrons. The van der Waals surface area contributed by atoms with Gasteiger partial charge in [0.1, 0.15) is 17.6 Å². The molecule has 0 radical (unpaired) electrons. The van der Waals surface area contributed by atoms with Gasteiger partial charge in [-0.25, -0.2) is 4.90 Å². The molecule has 2 aliphatic heterocycles. The highest BCUT2D eigenvalue weighted by atomic mass is 35.5. The van der Waals surface area contributed by atoms with Crippen molar-refractivity contribution in [3.05, 3.63) is 114 Å². The van der Waals surface area contributed by atoms with E-state index in [0.29, 0.717) is 31.9 Å². The van der Waals surface area contributed by atoms with Gasteiger partial charge in [-0.2, -0.15) is 0 Å². The minimum atomic E-state index is -0.918. The molecule has 9 nitrogen and oxygen atoms in total. The van der Waals surface area contributed by atoms with Gasteiger partial charge in [-0.3, -0.25) is 24.5 Å². The molecule has 2 amide bonds. The molecule has 0 unspecified atom stereocenters. The molecule has 1 fully saturated rings. The smallest absolute Gasteiger partial charge is 0.305 e. The number of nitro benzene ring substituents is 1. The Morgan fingerprint density at radius 2 is 1.74 bits per heavy atom. The molecular weight excluding hydrogens is 562 g/mol. The molecule has 3 aromatic carbocycles. The van der Waals surface area contributed by atoms with Gasteiger partial charge in [-0.05, 0) is 35.9 Å². The van der Waals surface area contributed by atoms with E-state index in [4.69, 9.17) is 16.3 Å². The van der Waals surface area contributed by atoms with Crippen molar-refractivity contribution in [1.82, 2.24) is 4.98 Å². The first kappa shape index (κ1) is 25.4. The second kappa shape index (κ2) is 9.99. The van der Waals surface area contributed by atoms with Crippen LogP contribution in [0, 0.1) is 16.0 Å². The molecule has 6 rings (SSSR count). The Labute approximate surface area is 234 Å². The number of rotatable bonds is 6. The first-order valence-electron chi connectivity index (χ1n) is 11.8. The molecular formula is C27H18ClN3O6S2. The largest absolute Gasteiger partial charge is 0.489 e. The molecule has 0 bridgehead atoms. The van der Waals surface area contributed by atoms with Crippen molar-refractivity contribution in [3.8, 4) is 5.75 Å². The number of thiazole rings is 1. The minimum Gasteiger partial charge on any atom is -0.489 e. The second-order valence-electron chi connectivity index (χ2n) is 8.99. The number of aromatic nitrogens is 1. The zero-order valence-corrected chi connectivity index (χ0v) is 22.3. The van der Waals surface area contributed by atoms with Gasteiger partial charge in [0.15, 0.2) is 0 Å². The fourth-order valence-corrected chi connectivity index (χ4v) is 7.59. The van der Waals surface area contributed by atoms with Crippen LogP contribution < -0.4 is 14.5 Å². The van der Waals surface area contributed by atoms with Crippen molar-refractivity contribution >= 4 is 57.9 Å². The number of halogens is 1. The predicted molar refractivity (Wildman–Crippen MR) is 148 cm³/mol. The number of amides is 2. The molecule has 3 heterocycles. The number of H-pyrrole nitrogens is 1. The number of ether oxygens (including phenoxy) is 1. The number of hydrogen-bond donors (Lipinski definition) is 1. The van der Waals surface area contributed by atoms with Crippen molar-refractivity contribution in [1.29, 1.82) is 0 Å². The Hall–Kier alpha value is -3.93. The average Bonchev–Trinajstić information content (AvgIpc) is 3.42. The van der Waals surface area contributed by atoms with Crippen molar-refractivity contribution in [3.63, 3.8) is 0 Å². The van der Waals surface area contributed by atoms with Crippen LogP contribution in [-0.2, 0) is 16.2 Å². The van der Waals surface area contributed by atoms with E-state index < -0.39 is 33.8 Å². The van der Waals surface area contributed by atoms with Gasteiger partial charge in [0.2, 0.25) is 11.8 Å². The number of nitrogens with one attached hydrogen (secondary N) is 1. The predicted octanol–water partition coefficient (Wildman–Crippen LogP) is 5.37. The van der Waals surface area contributed by atoms with Crippen molar-refractivity contribution in [2.75, 3.05) is 4.90 Å². The lowest BCUT2D eigenvalue weighted by Gasteiger charge is -2.30. The Morgan fingerprint density at radius 3 is 2.46 bits per heavy atom. The molecule has 0 aliphatic carbocycles.